The largest absolute Gasteiger partial charge is 0.497 e. The number of nitrogens with two attached hydrogens (primary N) is 1. The Morgan fingerprint density at radius 1 is 1.19 bits per heavy atom. The van der Waals surface area contributed by atoms with Gasteiger partial charge in [0.15, 0.2) is 17.0 Å². The van der Waals surface area contributed by atoms with Gasteiger partial charge in [0.05, 0.1) is 31.9 Å². The van der Waals surface area contributed by atoms with Crippen molar-refractivity contribution in [1.82, 2.24) is 24.5 Å². The Labute approximate surface area is 247 Å². The van der Waals surface area contributed by atoms with Gasteiger partial charge < -0.3 is 24.7 Å². The molecule has 3 N–H and O–H groups in total. The second-order valence-corrected chi connectivity index (χ2v) is 11.3. The van der Waals surface area contributed by atoms with E-state index in [2.05, 4.69) is 31.2 Å². The number of hydrogen-bond donors (Lipinski definition) is 2. The van der Waals surface area contributed by atoms with Crippen LogP contribution in [-0.4, -0.2) is 62.8 Å². The minimum Gasteiger partial charge on any atom is -0.497 e. The highest BCUT2D eigenvalue weighted by atomic mass is 19.3. The van der Waals surface area contributed by atoms with Crippen molar-refractivity contribution < 1.29 is 23.0 Å². The van der Waals surface area contributed by atoms with Crippen molar-refractivity contribution in [2.75, 3.05) is 30.4 Å². The molecule has 43 heavy (non-hydrogen) atoms. The molecule has 1 saturated carbocycles. The number of methoxy groups -OCH3 is 1. The van der Waals surface area contributed by atoms with Gasteiger partial charge in [-0.3, -0.25) is 10.3 Å². The van der Waals surface area contributed by atoms with Gasteiger partial charge in [-0.1, -0.05) is 12.1 Å². The lowest BCUT2D eigenvalue weighted by Crippen LogP contribution is -2.55. The van der Waals surface area contributed by atoms with Gasteiger partial charge in [0.25, 0.3) is 0 Å². The zero-order valence-electron chi connectivity index (χ0n) is 23.9. The summed E-state index contributed by atoms with van der Waals surface area (Å²) >= 11 is 0. The molecule has 1 amide bonds. The average molecular weight is 593 g/mol. The fourth-order valence-electron chi connectivity index (χ4n) is 5.64. The SMILES string of the molecule is COc1ccc(COC(=O)Nc2ncnc3c2ncn3Cc2cc(C3CC3)ncc2N2CCC[C@](N)(CC(F)F)C2)cc1. The Kier molecular flexibility index (Phi) is 8.06. The van der Waals surface area contributed by atoms with Crippen LogP contribution in [0.15, 0.2) is 49.2 Å². The molecule has 1 aliphatic heterocycles. The Morgan fingerprint density at radius 3 is 2.74 bits per heavy atom. The Morgan fingerprint density at radius 2 is 2.00 bits per heavy atom. The molecule has 2 fully saturated rings. The van der Waals surface area contributed by atoms with Gasteiger partial charge >= 0.3 is 6.09 Å². The molecule has 1 aromatic carbocycles. The van der Waals surface area contributed by atoms with Crippen LogP contribution in [-0.2, 0) is 17.9 Å². The number of rotatable bonds is 10. The third kappa shape index (κ3) is 6.66. The average Bonchev–Trinajstić information content (AvgIpc) is 3.77. The molecule has 1 saturated heterocycles. The molecule has 226 valence electrons. The van der Waals surface area contributed by atoms with E-state index < -0.39 is 18.1 Å². The molecule has 13 heteroatoms. The summed E-state index contributed by atoms with van der Waals surface area (Å²) in [5, 5.41) is 2.67. The fraction of sp³-hybridized carbons (Fsp3) is 0.433. The number of halogens is 2. The Balaban J connectivity index is 1.21. The van der Waals surface area contributed by atoms with Crippen molar-refractivity contribution in [2.45, 2.75) is 63.1 Å². The molecule has 4 heterocycles. The van der Waals surface area contributed by atoms with E-state index in [0.717, 1.165) is 41.8 Å². The van der Waals surface area contributed by atoms with Crippen molar-refractivity contribution in [3.63, 3.8) is 0 Å². The third-order valence-electron chi connectivity index (χ3n) is 7.98. The first kappa shape index (κ1) is 28.7. The first-order valence-electron chi connectivity index (χ1n) is 14.3. The molecule has 0 bridgehead atoms. The molecular formula is C30H34F2N8O3. The van der Waals surface area contributed by atoms with Crippen LogP contribution < -0.4 is 20.7 Å². The number of nitrogens with zero attached hydrogens (tertiary/aromatic N) is 6. The van der Waals surface area contributed by atoms with Crippen LogP contribution in [0.5, 0.6) is 5.75 Å². The summed E-state index contributed by atoms with van der Waals surface area (Å²) in [6, 6.07) is 9.31. The number of hydrogen-bond acceptors (Lipinski definition) is 9. The molecule has 4 aromatic rings. The highest BCUT2D eigenvalue weighted by Gasteiger charge is 2.35. The van der Waals surface area contributed by atoms with Gasteiger partial charge in [-0.25, -0.2) is 28.5 Å². The second-order valence-electron chi connectivity index (χ2n) is 11.3. The molecule has 0 spiro atoms. The molecule has 1 atom stereocenters. The Bertz CT molecular complexity index is 1590. The zero-order valence-corrected chi connectivity index (χ0v) is 23.9. The maximum absolute atomic E-state index is 13.3. The van der Waals surface area contributed by atoms with Crippen molar-refractivity contribution in [3.05, 3.63) is 66.0 Å². The van der Waals surface area contributed by atoms with E-state index in [0.29, 0.717) is 48.9 Å². The number of carbonyl (C=O) groups is 1. The summed E-state index contributed by atoms with van der Waals surface area (Å²) in [5.74, 6) is 1.38. The number of nitrogens with one attached hydrogen (secondary N) is 1. The van der Waals surface area contributed by atoms with Crippen molar-refractivity contribution in [3.8, 4) is 5.75 Å². The molecule has 3 aromatic heterocycles. The first-order chi connectivity index (χ1) is 20.8. The lowest BCUT2D eigenvalue weighted by Gasteiger charge is -2.42. The minimum atomic E-state index is -2.46. The van der Waals surface area contributed by atoms with Crippen LogP contribution in [0.4, 0.5) is 25.1 Å². The van der Waals surface area contributed by atoms with Gasteiger partial charge in [-0.2, -0.15) is 0 Å². The second kappa shape index (κ2) is 12.1. The van der Waals surface area contributed by atoms with Crippen molar-refractivity contribution >= 4 is 28.8 Å². The van der Waals surface area contributed by atoms with Crippen LogP contribution >= 0.6 is 0 Å². The number of carbonyl (C=O) groups excluding carboxylic acids is 1. The summed E-state index contributed by atoms with van der Waals surface area (Å²) in [6.45, 7) is 1.52. The normalized spacial score (nSPS) is 18.7. The van der Waals surface area contributed by atoms with Gasteiger partial charge in [0.1, 0.15) is 18.7 Å². The number of alkyl halides is 2. The van der Waals surface area contributed by atoms with Gasteiger partial charge in [0, 0.05) is 36.7 Å². The number of fused-ring (bicyclic) bond motifs is 1. The molecule has 2 aliphatic rings. The first-order valence-corrected chi connectivity index (χ1v) is 14.3. The number of pyridine rings is 1. The van der Waals surface area contributed by atoms with Gasteiger partial charge in [0.2, 0.25) is 6.43 Å². The maximum Gasteiger partial charge on any atom is 0.413 e. The molecule has 0 unspecified atom stereocenters. The summed E-state index contributed by atoms with van der Waals surface area (Å²) in [6.07, 6.45) is 4.85. The molecular weight excluding hydrogens is 558 g/mol. The fourth-order valence-corrected chi connectivity index (χ4v) is 5.64. The van der Waals surface area contributed by atoms with Crippen LogP contribution in [0.2, 0.25) is 0 Å². The highest BCUT2D eigenvalue weighted by Crippen LogP contribution is 2.41. The quantitative estimate of drug-likeness (QED) is 0.265. The van der Waals surface area contributed by atoms with E-state index in [1.807, 2.05) is 22.9 Å². The van der Waals surface area contributed by atoms with E-state index in [1.165, 1.54) is 6.33 Å². The topological polar surface area (TPSA) is 133 Å². The minimum absolute atomic E-state index is 0.0739. The smallest absolute Gasteiger partial charge is 0.413 e. The van der Waals surface area contributed by atoms with Crippen LogP contribution in [0, 0.1) is 0 Å². The predicted molar refractivity (Wildman–Crippen MR) is 156 cm³/mol. The lowest BCUT2D eigenvalue weighted by atomic mass is 9.86. The summed E-state index contributed by atoms with van der Waals surface area (Å²) in [5.41, 5.74) is 10.1. The third-order valence-corrected chi connectivity index (χ3v) is 7.98. The monoisotopic (exact) mass is 592 g/mol. The van der Waals surface area contributed by atoms with E-state index in [1.54, 1.807) is 25.6 Å². The number of aromatic nitrogens is 5. The van der Waals surface area contributed by atoms with Crippen LogP contribution in [0.1, 0.15) is 54.8 Å². The number of imidazole rings is 1. The van der Waals surface area contributed by atoms with Gasteiger partial charge in [-0.15, -0.1) is 0 Å². The number of amides is 1. The number of ether oxygens (including phenoxy) is 2. The highest BCUT2D eigenvalue weighted by molar-refractivity contribution is 5.93. The summed E-state index contributed by atoms with van der Waals surface area (Å²) in [7, 11) is 1.59. The van der Waals surface area contributed by atoms with Crippen LogP contribution in [0.25, 0.3) is 11.2 Å². The maximum atomic E-state index is 13.3. The summed E-state index contributed by atoms with van der Waals surface area (Å²) in [4.78, 5) is 32.5. The molecule has 1 aliphatic carbocycles. The van der Waals surface area contributed by atoms with Crippen LogP contribution in [0.3, 0.4) is 0 Å². The van der Waals surface area contributed by atoms with E-state index in [4.69, 9.17) is 20.2 Å². The standard InChI is InChI=1S/C30H34F2N8O3/c1-42-22-7-3-19(4-8-22)15-43-29(41)38-27-26-28(36-17-35-27)40(18-37-26)14-21-11-23(20-5-6-20)34-13-24(21)39-10-2-9-30(33,16-39)12-25(31)32/h3-4,7-8,11,13,17-18,20,25H,2,5-6,9-10,12,14-16,33H2,1H3,(H,35,36,38,41)/t30-/m0/s1. The summed E-state index contributed by atoms with van der Waals surface area (Å²) < 4.78 is 39.0. The lowest BCUT2D eigenvalue weighted by molar-refractivity contribution is 0.0983. The number of benzene rings is 1. The number of piperidine rings is 1. The zero-order chi connectivity index (χ0) is 30.0. The molecule has 11 nitrogen and oxygen atoms in total. The van der Waals surface area contributed by atoms with E-state index >= 15 is 0 Å². The number of anilines is 2. The Hall–Kier alpha value is -4.39. The predicted octanol–water partition coefficient (Wildman–Crippen LogP) is 4.86. The van der Waals surface area contributed by atoms with Crippen molar-refractivity contribution in [1.29, 1.82) is 0 Å². The molecule has 0 radical (unpaired) electrons. The van der Waals surface area contributed by atoms with Gasteiger partial charge in [-0.05, 0) is 55.0 Å². The van der Waals surface area contributed by atoms with Crippen molar-refractivity contribution in [2.24, 2.45) is 5.73 Å². The van der Waals surface area contributed by atoms with E-state index in [9.17, 15) is 13.6 Å². The van der Waals surface area contributed by atoms with E-state index in [-0.39, 0.29) is 18.8 Å². The molecule has 6 rings (SSSR count).